The van der Waals surface area contributed by atoms with Gasteiger partial charge < -0.3 is 9.73 Å². The second kappa shape index (κ2) is 4.31. The van der Waals surface area contributed by atoms with Crippen LogP contribution in [0.25, 0.3) is 21.9 Å². The van der Waals surface area contributed by atoms with Gasteiger partial charge in [-0.05, 0) is 36.2 Å². The van der Waals surface area contributed by atoms with Crippen LogP contribution < -0.4 is 5.32 Å². The number of fused-ring (bicyclic) bond motifs is 1. The van der Waals surface area contributed by atoms with E-state index in [1.54, 1.807) is 11.3 Å². The van der Waals surface area contributed by atoms with Gasteiger partial charge in [0.1, 0.15) is 5.52 Å². The first-order valence-corrected chi connectivity index (χ1v) is 6.33. The standard InChI is InChI=1S/C13H12N2OS/c1-14-8-9-4-5-10-11(7-9)16-13(15-10)12-3-2-6-17-12/h2-7,14H,8H2,1H3. The molecule has 0 spiro atoms. The molecule has 0 aliphatic heterocycles. The van der Waals surface area contributed by atoms with Gasteiger partial charge in [0.15, 0.2) is 5.58 Å². The van der Waals surface area contributed by atoms with Crippen LogP contribution in [0.2, 0.25) is 0 Å². The molecule has 0 fully saturated rings. The molecule has 0 aliphatic carbocycles. The highest BCUT2D eigenvalue weighted by Crippen LogP contribution is 2.27. The zero-order valence-electron chi connectivity index (χ0n) is 9.43. The minimum Gasteiger partial charge on any atom is -0.435 e. The Morgan fingerprint density at radius 1 is 1.35 bits per heavy atom. The van der Waals surface area contributed by atoms with E-state index in [0.717, 1.165) is 22.5 Å². The highest BCUT2D eigenvalue weighted by Gasteiger charge is 2.09. The second-order valence-corrected chi connectivity index (χ2v) is 4.78. The number of benzene rings is 1. The van der Waals surface area contributed by atoms with E-state index < -0.39 is 0 Å². The van der Waals surface area contributed by atoms with E-state index in [9.17, 15) is 0 Å². The predicted octanol–water partition coefficient (Wildman–Crippen LogP) is 3.28. The van der Waals surface area contributed by atoms with Crippen LogP contribution in [0, 0.1) is 0 Å². The number of nitrogens with zero attached hydrogens (tertiary/aromatic N) is 1. The van der Waals surface area contributed by atoms with Crippen molar-refractivity contribution in [2.75, 3.05) is 7.05 Å². The van der Waals surface area contributed by atoms with E-state index in [1.807, 2.05) is 36.7 Å². The molecule has 0 aliphatic rings. The van der Waals surface area contributed by atoms with Gasteiger partial charge in [0.2, 0.25) is 5.89 Å². The molecule has 0 radical (unpaired) electrons. The minimum atomic E-state index is 0.705. The molecule has 0 saturated carbocycles. The summed E-state index contributed by atoms with van der Waals surface area (Å²) in [5, 5.41) is 5.15. The van der Waals surface area contributed by atoms with E-state index in [4.69, 9.17) is 4.42 Å². The van der Waals surface area contributed by atoms with Crippen molar-refractivity contribution < 1.29 is 4.42 Å². The molecular weight excluding hydrogens is 232 g/mol. The third-order valence-corrected chi connectivity index (χ3v) is 3.42. The van der Waals surface area contributed by atoms with Crippen LogP contribution in [0.15, 0.2) is 40.1 Å². The van der Waals surface area contributed by atoms with E-state index in [-0.39, 0.29) is 0 Å². The zero-order chi connectivity index (χ0) is 11.7. The molecule has 0 amide bonds. The molecule has 3 nitrogen and oxygen atoms in total. The Balaban J connectivity index is 2.07. The summed E-state index contributed by atoms with van der Waals surface area (Å²) in [6.45, 7) is 0.838. The van der Waals surface area contributed by atoms with E-state index in [1.165, 1.54) is 5.56 Å². The Kier molecular flexibility index (Phi) is 2.66. The summed E-state index contributed by atoms with van der Waals surface area (Å²) in [5.41, 5.74) is 2.96. The molecule has 86 valence electrons. The van der Waals surface area contributed by atoms with Crippen molar-refractivity contribution >= 4 is 22.4 Å². The molecule has 17 heavy (non-hydrogen) atoms. The average Bonchev–Trinajstić information content (AvgIpc) is 2.97. The Labute approximate surface area is 103 Å². The predicted molar refractivity (Wildman–Crippen MR) is 70.1 cm³/mol. The summed E-state index contributed by atoms with van der Waals surface area (Å²) >= 11 is 1.64. The number of nitrogens with one attached hydrogen (secondary N) is 1. The van der Waals surface area contributed by atoms with Gasteiger partial charge in [0.05, 0.1) is 4.88 Å². The third-order valence-electron chi connectivity index (χ3n) is 2.57. The third kappa shape index (κ3) is 1.97. The van der Waals surface area contributed by atoms with Gasteiger partial charge in [-0.25, -0.2) is 4.98 Å². The number of hydrogen-bond donors (Lipinski definition) is 1. The van der Waals surface area contributed by atoms with Crippen molar-refractivity contribution in [2.45, 2.75) is 6.54 Å². The van der Waals surface area contributed by atoms with Crippen molar-refractivity contribution in [1.29, 1.82) is 0 Å². The summed E-state index contributed by atoms with van der Waals surface area (Å²) in [6, 6.07) is 10.1. The number of aromatic nitrogens is 1. The minimum absolute atomic E-state index is 0.705. The normalized spacial score (nSPS) is 11.1. The van der Waals surface area contributed by atoms with E-state index in [2.05, 4.69) is 16.4 Å². The SMILES string of the molecule is CNCc1ccc2nc(-c3cccs3)oc2c1. The van der Waals surface area contributed by atoms with Crippen LogP contribution in [0.3, 0.4) is 0 Å². The number of rotatable bonds is 3. The Morgan fingerprint density at radius 2 is 2.29 bits per heavy atom. The lowest BCUT2D eigenvalue weighted by atomic mass is 10.2. The van der Waals surface area contributed by atoms with Gasteiger partial charge >= 0.3 is 0 Å². The Morgan fingerprint density at radius 3 is 3.06 bits per heavy atom. The maximum Gasteiger partial charge on any atom is 0.237 e. The van der Waals surface area contributed by atoms with Crippen molar-refractivity contribution in [3.63, 3.8) is 0 Å². The molecule has 1 N–H and O–H groups in total. The first-order chi connectivity index (χ1) is 8.36. The molecule has 3 rings (SSSR count). The summed E-state index contributed by atoms with van der Waals surface area (Å²) in [4.78, 5) is 5.55. The fraction of sp³-hybridized carbons (Fsp3) is 0.154. The highest BCUT2D eigenvalue weighted by atomic mass is 32.1. The molecule has 2 aromatic heterocycles. The average molecular weight is 244 g/mol. The molecule has 4 heteroatoms. The molecule has 1 aromatic carbocycles. The summed E-state index contributed by atoms with van der Waals surface area (Å²) in [5.74, 6) is 0.705. The topological polar surface area (TPSA) is 38.1 Å². The zero-order valence-corrected chi connectivity index (χ0v) is 10.3. The molecule has 0 unspecified atom stereocenters. The number of oxazole rings is 1. The van der Waals surface area contributed by atoms with Gasteiger partial charge in [-0.1, -0.05) is 12.1 Å². The summed E-state index contributed by atoms with van der Waals surface area (Å²) in [7, 11) is 1.93. The van der Waals surface area contributed by atoms with Crippen molar-refractivity contribution in [3.8, 4) is 10.8 Å². The maximum atomic E-state index is 5.77. The van der Waals surface area contributed by atoms with Crippen LogP contribution in [-0.2, 0) is 6.54 Å². The van der Waals surface area contributed by atoms with Gasteiger partial charge in [0, 0.05) is 6.54 Å². The van der Waals surface area contributed by atoms with Gasteiger partial charge in [-0.3, -0.25) is 0 Å². The van der Waals surface area contributed by atoms with Crippen LogP contribution >= 0.6 is 11.3 Å². The van der Waals surface area contributed by atoms with Crippen molar-refractivity contribution in [2.24, 2.45) is 0 Å². The lowest BCUT2D eigenvalue weighted by molar-refractivity contribution is 0.621. The highest BCUT2D eigenvalue weighted by molar-refractivity contribution is 7.13. The van der Waals surface area contributed by atoms with Gasteiger partial charge in [0.25, 0.3) is 0 Å². The monoisotopic (exact) mass is 244 g/mol. The number of thiophene rings is 1. The lowest BCUT2D eigenvalue weighted by Gasteiger charge is -1.97. The van der Waals surface area contributed by atoms with Crippen LogP contribution in [0.1, 0.15) is 5.56 Å². The summed E-state index contributed by atoms with van der Waals surface area (Å²) < 4.78 is 5.77. The molecule has 0 atom stereocenters. The van der Waals surface area contributed by atoms with Crippen LogP contribution in [-0.4, -0.2) is 12.0 Å². The fourth-order valence-corrected chi connectivity index (χ4v) is 2.44. The molecule has 0 bridgehead atoms. The first kappa shape index (κ1) is 10.5. The second-order valence-electron chi connectivity index (χ2n) is 3.83. The van der Waals surface area contributed by atoms with Crippen molar-refractivity contribution in [1.82, 2.24) is 10.3 Å². The first-order valence-electron chi connectivity index (χ1n) is 5.45. The maximum absolute atomic E-state index is 5.77. The lowest BCUT2D eigenvalue weighted by Crippen LogP contribution is -2.04. The molecule has 2 heterocycles. The van der Waals surface area contributed by atoms with Crippen LogP contribution in [0.5, 0.6) is 0 Å². The molecule has 3 aromatic rings. The molecular formula is C13H12N2OS. The van der Waals surface area contributed by atoms with Crippen LogP contribution in [0.4, 0.5) is 0 Å². The summed E-state index contributed by atoms with van der Waals surface area (Å²) in [6.07, 6.45) is 0. The van der Waals surface area contributed by atoms with Crippen molar-refractivity contribution in [3.05, 3.63) is 41.3 Å². The Hall–Kier alpha value is -1.65. The van der Waals surface area contributed by atoms with E-state index in [0.29, 0.717) is 5.89 Å². The number of hydrogen-bond acceptors (Lipinski definition) is 4. The fourth-order valence-electron chi connectivity index (χ4n) is 1.79. The van der Waals surface area contributed by atoms with Gasteiger partial charge in [-0.15, -0.1) is 11.3 Å². The smallest absolute Gasteiger partial charge is 0.237 e. The molecule has 0 saturated heterocycles. The Bertz CT molecular complexity index is 628. The van der Waals surface area contributed by atoms with E-state index >= 15 is 0 Å². The quantitative estimate of drug-likeness (QED) is 0.768. The largest absolute Gasteiger partial charge is 0.435 e. The van der Waals surface area contributed by atoms with Gasteiger partial charge in [-0.2, -0.15) is 0 Å².